The van der Waals surface area contributed by atoms with Crippen molar-refractivity contribution in [3.8, 4) is 0 Å². The average molecular weight is 262 g/mol. The summed E-state index contributed by atoms with van der Waals surface area (Å²) >= 11 is 0. The second-order valence-electron chi connectivity index (χ2n) is 7.87. The third-order valence-corrected chi connectivity index (χ3v) is 6.38. The van der Waals surface area contributed by atoms with Crippen LogP contribution in [-0.2, 0) is 9.53 Å². The van der Waals surface area contributed by atoms with E-state index >= 15 is 0 Å². The van der Waals surface area contributed by atoms with E-state index in [1.165, 1.54) is 31.8 Å². The molecule has 0 heterocycles. The molecule has 4 fully saturated rings. The van der Waals surface area contributed by atoms with Crippen molar-refractivity contribution in [2.75, 3.05) is 0 Å². The van der Waals surface area contributed by atoms with Crippen LogP contribution >= 0.6 is 0 Å². The zero-order valence-corrected chi connectivity index (χ0v) is 12.7. The Morgan fingerprint density at radius 3 is 2.58 bits per heavy atom. The lowest BCUT2D eigenvalue weighted by atomic mass is 9.37. The number of fused-ring (bicyclic) bond motifs is 2. The number of carbonyl (C=O) groups is 1. The molecular formula is C17H26O2. The van der Waals surface area contributed by atoms with Gasteiger partial charge in [0.15, 0.2) is 0 Å². The molecule has 0 saturated heterocycles. The molecule has 5 unspecified atom stereocenters. The highest BCUT2D eigenvalue weighted by molar-refractivity contribution is 5.66. The fourth-order valence-corrected chi connectivity index (χ4v) is 5.57. The van der Waals surface area contributed by atoms with Crippen LogP contribution in [0.15, 0.2) is 12.2 Å². The molecule has 4 rings (SSSR count). The normalized spacial score (nSPS) is 47.1. The summed E-state index contributed by atoms with van der Waals surface area (Å²) in [5, 5.41) is 0. The minimum Gasteiger partial charge on any atom is -0.458 e. The Bertz CT molecular complexity index is 437. The molecule has 2 nitrogen and oxygen atoms in total. The number of esters is 1. The van der Waals surface area contributed by atoms with Crippen molar-refractivity contribution < 1.29 is 9.53 Å². The van der Waals surface area contributed by atoms with Crippen LogP contribution < -0.4 is 0 Å². The van der Waals surface area contributed by atoms with E-state index in [0.29, 0.717) is 22.7 Å². The molecule has 0 aromatic rings. The Hall–Kier alpha value is -0.790. The molecule has 0 aliphatic heterocycles. The predicted molar refractivity (Wildman–Crippen MR) is 75.5 cm³/mol. The lowest BCUT2D eigenvalue weighted by molar-refractivity contribution is -0.188. The minimum atomic E-state index is -0.167. The van der Waals surface area contributed by atoms with E-state index in [1.807, 2.05) is 0 Å². The van der Waals surface area contributed by atoms with Crippen LogP contribution in [0.4, 0.5) is 0 Å². The fourth-order valence-electron chi connectivity index (χ4n) is 5.57. The number of hydrogen-bond acceptors (Lipinski definition) is 2. The molecule has 106 valence electrons. The third-order valence-electron chi connectivity index (χ3n) is 6.38. The number of rotatable bonds is 1. The Labute approximate surface area is 116 Å². The van der Waals surface area contributed by atoms with Gasteiger partial charge in [-0.05, 0) is 53.4 Å². The fraction of sp³-hybridized carbons (Fsp3) is 0.824. The Kier molecular flexibility index (Phi) is 2.69. The zero-order valence-electron chi connectivity index (χ0n) is 12.7. The van der Waals surface area contributed by atoms with Crippen molar-refractivity contribution in [1.29, 1.82) is 0 Å². The maximum Gasteiger partial charge on any atom is 0.303 e. The van der Waals surface area contributed by atoms with Crippen LogP contribution in [0.5, 0.6) is 0 Å². The number of ether oxygens (including phenoxy) is 1. The molecule has 0 aromatic heterocycles. The molecule has 2 heteroatoms. The summed E-state index contributed by atoms with van der Waals surface area (Å²) in [6.45, 7) is 13.1. The van der Waals surface area contributed by atoms with Gasteiger partial charge in [0, 0.05) is 6.92 Å². The standard InChI is InChI=1S/C17H26O2/c1-10-13(19-11(2)18)9-12-15-14(10)17(12,5)8-6-7-16(15,3)4/h12-15H,1,6-9H2,2-5H3. The average Bonchev–Trinajstić information content (AvgIpc) is 2.44. The van der Waals surface area contributed by atoms with Crippen molar-refractivity contribution in [3.05, 3.63) is 12.2 Å². The second kappa shape index (κ2) is 3.86. The highest BCUT2D eigenvalue weighted by Crippen LogP contribution is 2.73. The molecule has 0 aromatic carbocycles. The van der Waals surface area contributed by atoms with E-state index in [1.54, 1.807) is 0 Å². The third kappa shape index (κ3) is 1.64. The molecule has 0 radical (unpaired) electrons. The lowest BCUT2D eigenvalue weighted by Crippen LogP contribution is -2.64. The van der Waals surface area contributed by atoms with Crippen molar-refractivity contribution in [2.45, 2.75) is 59.5 Å². The summed E-state index contributed by atoms with van der Waals surface area (Å²) in [6, 6.07) is 0. The molecule has 4 saturated carbocycles. The van der Waals surface area contributed by atoms with Crippen LogP contribution in [-0.4, -0.2) is 12.1 Å². The second-order valence-corrected chi connectivity index (χ2v) is 7.87. The molecule has 4 aliphatic rings. The summed E-state index contributed by atoms with van der Waals surface area (Å²) in [4.78, 5) is 11.2. The topological polar surface area (TPSA) is 26.3 Å². The Morgan fingerprint density at radius 1 is 1.32 bits per heavy atom. The largest absolute Gasteiger partial charge is 0.458 e. The Morgan fingerprint density at radius 2 is 2.00 bits per heavy atom. The zero-order chi connectivity index (χ0) is 14.0. The first-order chi connectivity index (χ1) is 8.77. The summed E-state index contributed by atoms with van der Waals surface area (Å²) in [5.74, 6) is 1.86. The van der Waals surface area contributed by atoms with Crippen molar-refractivity contribution in [3.63, 3.8) is 0 Å². The van der Waals surface area contributed by atoms with Gasteiger partial charge < -0.3 is 4.74 Å². The van der Waals surface area contributed by atoms with Gasteiger partial charge in [0.1, 0.15) is 6.10 Å². The molecular weight excluding hydrogens is 236 g/mol. The van der Waals surface area contributed by atoms with Gasteiger partial charge in [-0.15, -0.1) is 0 Å². The summed E-state index contributed by atoms with van der Waals surface area (Å²) in [6.07, 6.45) is 4.95. The Balaban J connectivity index is 1.91. The van der Waals surface area contributed by atoms with Crippen LogP contribution in [0, 0.1) is 28.6 Å². The molecule has 0 N–H and O–H groups in total. The molecule has 0 spiro atoms. The quantitative estimate of drug-likeness (QED) is 0.528. The number of carbonyl (C=O) groups excluding carboxylic acids is 1. The van der Waals surface area contributed by atoms with Gasteiger partial charge in [-0.25, -0.2) is 0 Å². The van der Waals surface area contributed by atoms with Gasteiger partial charge in [-0.1, -0.05) is 33.8 Å². The van der Waals surface area contributed by atoms with E-state index in [4.69, 9.17) is 4.74 Å². The summed E-state index contributed by atoms with van der Waals surface area (Å²) < 4.78 is 5.49. The first kappa shape index (κ1) is 13.2. The summed E-state index contributed by atoms with van der Waals surface area (Å²) in [7, 11) is 0. The molecule has 4 bridgehead atoms. The molecule has 0 amide bonds. The smallest absolute Gasteiger partial charge is 0.303 e. The van der Waals surface area contributed by atoms with E-state index in [-0.39, 0.29) is 12.1 Å². The van der Waals surface area contributed by atoms with Gasteiger partial charge >= 0.3 is 5.97 Å². The molecule has 19 heavy (non-hydrogen) atoms. The van der Waals surface area contributed by atoms with E-state index in [9.17, 15) is 4.79 Å². The monoisotopic (exact) mass is 262 g/mol. The van der Waals surface area contributed by atoms with Crippen LogP contribution in [0.1, 0.15) is 53.4 Å². The lowest BCUT2D eigenvalue weighted by Gasteiger charge is -2.68. The maximum absolute atomic E-state index is 11.2. The van der Waals surface area contributed by atoms with E-state index in [0.717, 1.165) is 12.3 Å². The van der Waals surface area contributed by atoms with E-state index in [2.05, 4.69) is 27.4 Å². The predicted octanol–water partition coefficient (Wildman–Crippen LogP) is 3.96. The van der Waals surface area contributed by atoms with Gasteiger partial charge in [0.05, 0.1) is 0 Å². The van der Waals surface area contributed by atoms with Crippen LogP contribution in [0.2, 0.25) is 0 Å². The van der Waals surface area contributed by atoms with Gasteiger partial charge in [-0.2, -0.15) is 0 Å². The van der Waals surface area contributed by atoms with E-state index < -0.39 is 0 Å². The van der Waals surface area contributed by atoms with Crippen molar-refractivity contribution in [2.24, 2.45) is 28.6 Å². The van der Waals surface area contributed by atoms with Crippen LogP contribution in [0.25, 0.3) is 0 Å². The first-order valence-corrected chi connectivity index (χ1v) is 7.63. The molecule has 4 aliphatic carbocycles. The minimum absolute atomic E-state index is 0.0225. The summed E-state index contributed by atoms with van der Waals surface area (Å²) in [5.41, 5.74) is 2.03. The SMILES string of the molecule is C=C1C(OC(C)=O)CC2C3C1C2(C)CCCC3(C)C. The number of hydrogen-bond donors (Lipinski definition) is 0. The van der Waals surface area contributed by atoms with Gasteiger partial charge in [-0.3, -0.25) is 4.79 Å². The van der Waals surface area contributed by atoms with Gasteiger partial charge in [0.25, 0.3) is 0 Å². The molecule has 5 atom stereocenters. The van der Waals surface area contributed by atoms with Crippen LogP contribution in [0.3, 0.4) is 0 Å². The highest BCUT2D eigenvalue weighted by Gasteiger charge is 2.68. The highest BCUT2D eigenvalue weighted by atomic mass is 16.5. The van der Waals surface area contributed by atoms with Crippen molar-refractivity contribution in [1.82, 2.24) is 0 Å². The maximum atomic E-state index is 11.2. The first-order valence-electron chi connectivity index (χ1n) is 7.63. The van der Waals surface area contributed by atoms with Crippen molar-refractivity contribution >= 4 is 5.97 Å². The van der Waals surface area contributed by atoms with Gasteiger partial charge in [0.2, 0.25) is 0 Å².